The number of rotatable bonds is 3. The highest BCUT2D eigenvalue weighted by Crippen LogP contribution is 2.24. The molecule has 4 aromatic rings. The maximum absolute atomic E-state index is 13.1. The van der Waals surface area contributed by atoms with Crippen molar-refractivity contribution in [1.29, 1.82) is 0 Å². The predicted molar refractivity (Wildman–Crippen MR) is 100 cm³/mol. The van der Waals surface area contributed by atoms with Crippen molar-refractivity contribution in [3.8, 4) is 10.6 Å². The number of fused-ring (bicyclic) bond motifs is 1. The van der Waals surface area contributed by atoms with Crippen molar-refractivity contribution in [2.75, 3.05) is 0 Å². The molecule has 3 aromatic heterocycles. The van der Waals surface area contributed by atoms with Gasteiger partial charge in [-0.2, -0.15) is 9.61 Å². The summed E-state index contributed by atoms with van der Waals surface area (Å²) in [6, 6.07) is 13.1. The summed E-state index contributed by atoms with van der Waals surface area (Å²) in [5, 5.41) is 4.89. The van der Waals surface area contributed by atoms with Crippen LogP contribution in [-0.2, 0) is 0 Å². The van der Waals surface area contributed by atoms with Gasteiger partial charge in [-0.15, -0.1) is 0 Å². The fourth-order valence-electron chi connectivity index (χ4n) is 2.45. The van der Waals surface area contributed by atoms with Gasteiger partial charge in [-0.05, 0) is 55.5 Å². The van der Waals surface area contributed by atoms with E-state index in [1.54, 1.807) is 18.2 Å². The van der Waals surface area contributed by atoms with E-state index in [9.17, 15) is 9.18 Å². The zero-order valence-corrected chi connectivity index (χ0v) is 14.6. The summed E-state index contributed by atoms with van der Waals surface area (Å²) >= 11 is 1.28. The Morgan fingerprint density at radius 3 is 2.58 bits per heavy atom. The largest absolute Gasteiger partial charge is 0.275 e. The predicted octanol–water partition coefficient (Wildman–Crippen LogP) is 3.83. The van der Waals surface area contributed by atoms with Gasteiger partial charge in [0.15, 0.2) is 0 Å². The molecule has 26 heavy (non-hydrogen) atoms. The van der Waals surface area contributed by atoms with Gasteiger partial charge in [0, 0.05) is 17.3 Å². The number of aryl methyl sites for hydroxylation is 1. The van der Waals surface area contributed by atoms with E-state index >= 15 is 0 Å². The number of hydrogen-bond acceptors (Lipinski definition) is 5. The molecule has 0 atom stereocenters. The molecule has 0 unspecified atom stereocenters. The summed E-state index contributed by atoms with van der Waals surface area (Å²) in [4.78, 5) is 21.7. The zero-order chi connectivity index (χ0) is 18.1. The van der Waals surface area contributed by atoms with Gasteiger partial charge in [-0.1, -0.05) is 17.4 Å². The SMILES string of the molecule is Cc1cccc(/C=C/c2cc(=O)n3nc(-c4ccc(F)cc4)sc3n2)n1. The highest BCUT2D eigenvalue weighted by atomic mass is 32.1. The first-order valence-electron chi connectivity index (χ1n) is 7.87. The lowest BCUT2D eigenvalue weighted by Crippen LogP contribution is -2.14. The molecule has 5 nitrogen and oxygen atoms in total. The van der Waals surface area contributed by atoms with Crippen LogP contribution < -0.4 is 5.56 Å². The summed E-state index contributed by atoms with van der Waals surface area (Å²) < 4.78 is 14.3. The normalized spacial score (nSPS) is 11.5. The molecule has 0 radical (unpaired) electrons. The molecule has 3 heterocycles. The molecule has 0 aliphatic rings. The Hall–Kier alpha value is -3.19. The van der Waals surface area contributed by atoms with Crippen molar-refractivity contribution in [1.82, 2.24) is 19.6 Å². The summed E-state index contributed by atoms with van der Waals surface area (Å²) in [7, 11) is 0. The number of hydrogen-bond donors (Lipinski definition) is 0. The maximum Gasteiger partial charge on any atom is 0.275 e. The van der Waals surface area contributed by atoms with Crippen LogP contribution in [0.5, 0.6) is 0 Å². The van der Waals surface area contributed by atoms with Gasteiger partial charge in [-0.3, -0.25) is 9.78 Å². The van der Waals surface area contributed by atoms with Crippen LogP contribution in [0.25, 0.3) is 27.7 Å². The van der Waals surface area contributed by atoms with Gasteiger partial charge in [0.25, 0.3) is 5.56 Å². The lowest BCUT2D eigenvalue weighted by atomic mass is 10.2. The average Bonchev–Trinajstić information content (AvgIpc) is 3.05. The van der Waals surface area contributed by atoms with Crippen LogP contribution in [0.4, 0.5) is 4.39 Å². The van der Waals surface area contributed by atoms with Crippen LogP contribution in [0.1, 0.15) is 17.1 Å². The minimum atomic E-state index is -0.317. The Balaban J connectivity index is 1.72. The number of halogens is 1. The molecule has 0 spiro atoms. The smallest absolute Gasteiger partial charge is 0.267 e. The molecule has 0 N–H and O–H groups in total. The fraction of sp³-hybridized carbons (Fsp3) is 0.0526. The van der Waals surface area contributed by atoms with Crippen molar-refractivity contribution in [3.05, 3.63) is 81.8 Å². The molecular formula is C19H13FN4OS. The van der Waals surface area contributed by atoms with E-state index in [0.717, 1.165) is 17.0 Å². The Bertz CT molecular complexity index is 1180. The number of aromatic nitrogens is 4. The lowest BCUT2D eigenvalue weighted by molar-refractivity contribution is 0.628. The van der Waals surface area contributed by atoms with Crippen LogP contribution in [0.2, 0.25) is 0 Å². The van der Waals surface area contributed by atoms with Crippen molar-refractivity contribution < 1.29 is 4.39 Å². The second-order valence-electron chi connectivity index (χ2n) is 5.66. The highest BCUT2D eigenvalue weighted by molar-refractivity contribution is 7.19. The Morgan fingerprint density at radius 2 is 1.81 bits per heavy atom. The average molecular weight is 364 g/mol. The van der Waals surface area contributed by atoms with E-state index in [4.69, 9.17) is 0 Å². The van der Waals surface area contributed by atoms with Gasteiger partial charge in [-0.25, -0.2) is 9.37 Å². The Kier molecular flexibility index (Phi) is 4.14. The molecule has 0 aliphatic heterocycles. The van der Waals surface area contributed by atoms with Gasteiger partial charge in [0.1, 0.15) is 10.8 Å². The first-order chi connectivity index (χ1) is 12.6. The second-order valence-corrected chi connectivity index (χ2v) is 6.62. The van der Waals surface area contributed by atoms with Gasteiger partial charge < -0.3 is 0 Å². The van der Waals surface area contributed by atoms with E-state index in [1.165, 1.54) is 34.1 Å². The summed E-state index contributed by atoms with van der Waals surface area (Å²) in [5.41, 5.74) is 2.72. The van der Waals surface area contributed by atoms with E-state index in [0.29, 0.717) is 15.7 Å². The molecule has 0 fully saturated rings. The Labute approximate surface area is 152 Å². The van der Waals surface area contributed by atoms with Crippen molar-refractivity contribution in [2.24, 2.45) is 0 Å². The molecule has 0 amide bonds. The molecule has 4 rings (SSSR count). The second kappa shape index (κ2) is 6.61. The fourth-order valence-corrected chi connectivity index (χ4v) is 3.37. The summed E-state index contributed by atoms with van der Waals surface area (Å²) in [5.74, 6) is -0.317. The first-order valence-corrected chi connectivity index (χ1v) is 8.69. The molecule has 0 bridgehead atoms. The first kappa shape index (κ1) is 16.3. The van der Waals surface area contributed by atoms with Crippen LogP contribution in [-0.4, -0.2) is 19.6 Å². The van der Waals surface area contributed by atoms with Crippen molar-refractivity contribution in [3.63, 3.8) is 0 Å². The van der Waals surface area contributed by atoms with Crippen LogP contribution in [0, 0.1) is 12.7 Å². The summed E-state index contributed by atoms with van der Waals surface area (Å²) in [6.45, 7) is 1.92. The molecule has 7 heteroatoms. The monoisotopic (exact) mass is 364 g/mol. The third-order valence-electron chi connectivity index (χ3n) is 3.69. The van der Waals surface area contributed by atoms with E-state index in [2.05, 4.69) is 15.1 Å². The molecular weight excluding hydrogens is 351 g/mol. The van der Waals surface area contributed by atoms with Crippen molar-refractivity contribution in [2.45, 2.75) is 6.92 Å². The minimum absolute atomic E-state index is 0.267. The molecule has 0 saturated carbocycles. The molecule has 128 valence electrons. The number of pyridine rings is 1. The van der Waals surface area contributed by atoms with E-state index in [1.807, 2.05) is 31.2 Å². The van der Waals surface area contributed by atoms with Crippen LogP contribution in [0.3, 0.4) is 0 Å². The van der Waals surface area contributed by atoms with Crippen LogP contribution >= 0.6 is 11.3 Å². The highest BCUT2D eigenvalue weighted by Gasteiger charge is 2.10. The number of benzene rings is 1. The van der Waals surface area contributed by atoms with E-state index in [-0.39, 0.29) is 11.4 Å². The molecule has 0 aliphatic carbocycles. The summed E-state index contributed by atoms with van der Waals surface area (Å²) in [6.07, 6.45) is 3.56. The quantitative estimate of drug-likeness (QED) is 0.554. The van der Waals surface area contributed by atoms with Crippen LogP contribution in [0.15, 0.2) is 53.3 Å². The lowest BCUT2D eigenvalue weighted by Gasteiger charge is -1.95. The molecule has 1 aromatic carbocycles. The van der Waals surface area contributed by atoms with Crippen molar-refractivity contribution >= 4 is 28.4 Å². The topological polar surface area (TPSA) is 60.2 Å². The van der Waals surface area contributed by atoms with Gasteiger partial charge in [0.05, 0.1) is 11.4 Å². The standard InChI is InChI=1S/C19H13FN4OS/c1-12-3-2-4-15(21-12)9-10-16-11-17(25)24-19(22-16)26-18(23-24)13-5-7-14(20)8-6-13/h2-11H,1H3/b10-9+. The zero-order valence-electron chi connectivity index (χ0n) is 13.8. The number of nitrogens with zero attached hydrogens (tertiary/aromatic N) is 4. The minimum Gasteiger partial charge on any atom is -0.267 e. The van der Waals surface area contributed by atoms with Gasteiger partial charge >= 0.3 is 0 Å². The molecule has 0 saturated heterocycles. The maximum atomic E-state index is 13.1. The van der Waals surface area contributed by atoms with Gasteiger partial charge in [0.2, 0.25) is 4.96 Å². The third kappa shape index (κ3) is 3.29. The van der Waals surface area contributed by atoms with E-state index < -0.39 is 0 Å². The Morgan fingerprint density at radius 1 is 1.04 bits per heavy atom. The third-order valence-corrected chi connectivity index (χ3v) is 4.65.